The van der Waals surface area contributed by atoms with Crippen LogP contribution in [-0.2, 0) is 7.05 Å². The number of fused-ring (bicyclic) bond motifs is 2. The van der Waals surface area contributed by atoms with Gasteiger partial charge in [-0.2, -0.15) is 5.10 Å². The Balaban J connectivity index is 2.05. The Hall–Kier alpha value is -2.33. The Morgan fingerprint density at radius 2 is 1.85 bits per heavy atom. The van der Waals surface area contributed by atoms with Crippen molar-refractivity contribution in [3.63, 3.8) is 0 Å². The number of hydrogen-bond donors (Lipinski definition) is 0. The van der Waals surface area contributed by atoms with Crippen molar-refractivity contribution in [2.75, 3.05) is 0 Å². The molecule has 0 aliphatic carbocycles. The summed E-state index contributed by atoms with van der Waals surface area (Å²) in [6.07, 6.45) is 2.20. The van der Waals surface area contributed by atoms with Crippen molar-refractivity contribution in [3.05, 3.63) is 52.3 Å². The van der Waals surface area contributed by atoms with E-state index >= 15 is 0 Å². The lowest BCUT2D eigenvalue weighted by molar-refractivity contribution is 0.638. The van der Waals surface area contributed by atoms with E-state index in [2.05, 4.69) is 57.5 Å². The zero-order valence-corrected chi connectivity index (χ0v) is 17.3. The highest BCUT2D eigenvalue weighted by Gasteiger charge is 2.22. The maximum absolute atomic E-state index is 6.44. The largest absolute Gasteiger partial charge is 0.342 e. The number of aromatic nitrogens is 4. The van der Waals surface area contributed by atoms with E-state index in [1.54, 1.807) is 0 Å². The number of imidazole rings is 1. The van der Waals surface area contributed by atoms with Gasteiger partial charge in [0.2, 0.25) is 0 Å². The molecule has 0 aliphatic heterocycles. The van der Waals surface area contributed by atoms with Crippen LogP contribution in [0.2, 0.25) is 5.02 Å². The molecule has 27 heavy (non-hydrogen) atoms. The van der Waals surface area contributed by atoms with Gasteiger partial charge < -0.3 is 4.57 Å². The van der Waals surface area contributed by atoms with Crippen LogP contribution in [0, 0.1) is 13.8 Å². The first-order chi connectivity index (χ1) is 13.0. The summed E-state index contributed by atoms with van der Waals surface area (Å²) in [6, 6.07) is 10.4. The first-order valence-electron chi connectivity index (χ1n) is 9.57. The highest BCUT2D eigenvalue weighted by atomic mass is 35.5. The monoisotopic (exact) mass is 380 g/mol. The van der Waals surface area contributed by atoms with Crippen LogP contribution in [0.5, 0.6) is 0 Å². The van der Waals surface area contributed by atoms with Crippen LogP contribution in [0.1, 0.15) is 49.6 Å². The lowest BCUT2D eigenvalue weighted by Crippen LogP contribution is -2.05. The number of hydrogen-bond acceptors (Lipinski definition) is 2. The van der Waals surface area contributed by atoms with Gasteiger partial charge in [0.15, 0.2) is 5.65 Å². The first kappa shape index (κ1) is 18.1. The highest BCUT2D eigenvalue weighted by Crippen LogP contribution is 2.35. The highest BCUT2D eigenvalue weighted by molar-refractivity contribution is 6.35. The van der Waals surface area contributed by atoms with Gasteiger partial charge in [-0.25, -0.2) is 9.50 Å². The third-order valence-corrected chi connectivity index (χ3v) is 5.94. The first-order valence-corrected chi connectivity index (χ1v) is 9.95. The second-order valence-corrected chi connectivity index (χ2v) is 7.70. The van der Waals surface area contributed by atoms with Gasteiger partial charge in [-0.3, -0.25) is 0 Å². The van der Waals surface area contributed by atoms with Gasteiger partial charge in [-0.1, -0.05) is 31.5 Å². The summed E-state index contributed by atoms with van der Waals surface area (Å²) in [5.41, 5.74) is 7.49. The Morgan fingerprint density at radius 1 is 1.11 bits per heavy atom. The standard InChI is InChI=1S/C22H25ClN4/c1-6-15(7-2)16-11-13(3)25-27-21(14(4)24-22(16)27)20-12-17-18(23)9-8-10-19(17)26(20)5/h8-12,15H,6-7H2,1-5H3. The second-order valence-electron chi connectivity index (χ2n) is 7.30. The molecule has 0 fully saturated rings. The smallest absolute Gasteiger partial charge is 0.158 e. The molecule has 1 aromatic carbocycles. The summed E-state index contributed by atoms with van der Waals surface area (Å²) in [5.74, 6) is 0.491. The van der Waals surface area contributed by atoms with Crippen LogP contribution < -0.4 is 0 Å². The molecule has 0 saturated carbocycles. The van der Waals surface area contributed by atoms with Crippen molar-refractivity contribution in [2.45, 2.75) is 46.5 Å². The molecular formula is C22H25ClN4. The topological polar surface area (TPSA) is 35.1 Å². The van der Waals surface area contributed by atoms with Gasteiger partial charge in [0.1, 0.15) is 5.69 Å². The molecule has 0 unspecified atom stereocenters. The zero-order valence-electron chi connectivity index (χ0n) is 16.5. The molecule has 3 aromatic heterocycles. The van der Waals surface area contributed by atoms with Crippen LogP contribution in [0.25, 0.3) is 27.9 Å². The van der Waals surface area contributed by atoms with E-state index in [1.165, 1.54) is 5.56 Å². The molecule has 140 valence electrons. The van der Waals surface area contributed by atoms with E-state index in [0.717, 1.165) is 57.2 Å². The lowest BCUT2D eigenvalue weighted by Gasteiger charge is -2.15. The fraction of sp³-hybridized carbons (Fsp3) is 0.364. The molecule has 0 amide bonds. The van der Waals surface area contributed by atoms with Crippen molar-refractivity contribution >= 4 is 28.2 Å². The molecule has 0 aliphatic rings. The van der Waals surface area contributed by atoms with Crippen LogP contribution in [-0.4, -0.2) is 19.2 Å². The number of rotatable bonds is 4. The van der Waals surface area contributed by atoms with Gasteiger partial charge in [0.25, 0.3) is 0 Å². The van der Waals surface area contributed by atoms with Crippen LogP contribution in [0.15, 0.2) is 30.3 Å². The quantitative estimate of drug-likeness (QED) is 0.431. The fourth-order valence-electron chi connectivity index (χ4n) is 4.15. The molecule has 5 heteroatoms. The molecule has 4 rings (SSSR count). The summed E-state index contributed by atoms with van der Waals surface area (Å²) >= 11 is 6.44. The summed E-state index contributed by atoms with van der Waals surface area (Å²) in [4.78, 5) is 4.94. The van der Waals surface area contributed by atoms with Crippen molar-refractivity contribution in [1.29, 1.82) is 0 Å². The molecule has 4 nitrogen and oxygen atoms in total. The minimum absolute atomic E-state index is 0.491. The van der Waals surface area contributed by atoms with E-state index in [9.17, 15) is 0 Å². The molecule has 0 atom stereocenters. The average Bonchev–Trinajstić information content (AvgIpc) is 3.14. The van der Waals surface area contributed by atoms with Crippen LogP contribution >= 0.6 is 11.6 Å². The third-order valence-electron chi connectivity index (χ3n) is 5.61. The molecule has 4 aromatic rings. The van der Waals surface area contributed by atoms with Gasteiger partial charge in [0.05, 0.1) is 17.1 Å². The predicted octanol–water partition coefficient (Wildman–Crippen LogP) is 6.06. The van der Waals surface area contributed by atoms with Gasteiger partial charge >= 0.3 is 0 Å². The minimum Gasteiger partial charge on any atom is -0.342 e. The van der Waals surface area contributed by atoms with E-state index in [-0.39, 0.29) is 0 Å². The maximum atomic E-state index is 6.44. The van der Waals surface area contributed by atoms with Crippen LogP contribution in [0.3, 0.4) is 0 Å². The molecule has 3 heterocycles. The lowest BCUT2D eigenvalue weighted by atomic mass is 9.95. The summed E-state index contributed by atoms with van der Waals surface area (Å²) < 4.78 is 4.21. The van der Waals surface area contributed by atoms with Crippen molar-refractivity contribution < 1.29 is 0 Å². The minimum atomic E-state index is 0.491. The third kappa shape index (κ3) is 2.74. The predicted molar refractivity (Wildman–Crippen MR) is 113 cm³/mol. The number of halogens is 1. The normalized spacial score (nSPS) is 12.0. The number of nitrogens with zero attached hydrogens (tertiary/aromatic N) is 4. The van der Waals surface area contributed by atoms with Crippen molar-refractivity contribution in [1.82, 2.24) is 19.2 Å². The average molecular weight is 381 g/mol. The SMILES string of the molecule is CCC(CC)c1cc(C)nn2c(-c3cc4c(Cl)cccc4n3C)c(C)nc12. The van der Waals surface area contributed by atoms with E-state index in [1.807, 2.05) is 16.6 Å². The molecule has 0 N–H and O–H groups in total. The van der Waals surface area contributed by atoms with Gasteiger partial charge in [-0.15, -0.1) is 0 Å². The van der Waals surface area contributed by atoms with Gasteiger partial charge in [0, 0.05) is 28.5 Å². The summed E-state index contributed by atoms with van der Waals surface area (Å²) in [6.45, 7) is 8.60. The van der Waals surface area contributed by atoms with Crippen molar-refractivity contribution in [3.8, 4) is 11.4 Å². The fourth-order valence-corrected chi connectivity index (χ4v) is 4.38. The van der Waals surface area contributed by atoms with E-state index in [0.29, 0.717) is 5.92 Å². The zero-order chi connectivity index (χ0) is 19.3. The molecule has 0 spiro atoms. The van der Waals surface area contributed by atoms with Crippen LogP contribution in [0.4, 0.5) is 0 Å². The van der Waals surface area contributed by atoms with E-state index < -0.39 is 0 Å². The Morgan fingerprint density at radius 3 is 2.52 bits per heavy atom. The summed E-state index contributed by atoms with van der Waals surface area (Å²) in [7, 11) is 2.07. The second kappa shape index (κ2) is 6.68. The number of aryl methyl sites for hydroxylation is 3. The Bertz CT molecular complexity index is 1150. The Kier molecular flexibility index (Phi) is 4.47. The number of benzene rings is 1. The van der Waals surface area contributed by atoms with Gasteiger partial charge in [-0.05, 0) is 56.9 Å². The molecule has 0 bridgehead atoms. The van der Waals surface area contributed by atoms with E-state index in [4.69, 9.17) is 21.7 Å². The maximum Gasteiger partial charge on any atom is 0.158 e. The Labute approximate surface area is 164 Å². The summed E-state index contributed by atoms with van der Waals surface area (Å²) in [5, 5.41) is 6.65. The molecule has 0 saturated heterocycles. The van der Waals surface area contributed by atoms with Crippen molar-refractivity contribution in [2.24, 2.45) is 7.05 Å². The molecule has 0 radical (unpaired) electrons. The molecular weight excluding hydrogens is 356 g/mol.